The van der Waals surface area contributed by atoms with Crippen LogP contribution in [-0.2, 0) is 4.74 Å². The monoisotopic (exact) mass is 1040 g/mol. The van der Waals surface area contributed by atoms with Crippen molar-refractivity contribution in [3.63, 3.8) is 0 Å². The molecule has 0 bridgehead atoms. The van der Waals surface area contributed by atoms with Crippen LogP contribution in [0.1, 0.15) is 33.6 Å². The lowest BCUT2D eigenvalue weighted by Gasteiger charge is -2.24. The minimum absolute atomic E-state index is 0.148. The highest BCUT2D eigenvalue weighted by molar-refractivity contribution is 6.85. The number of fused-ring (bicyclic) bond motifs is 3. The number of benzene rings is 7. The van der Waals surface area contributed by atoms with Crippen molar-refractivity contribution < 1.29 is 18.6 Å². The van der Waals surface area contributed by atoms with E-state index in [1.54, 1.807) is 0 Å². The zero-order valence-electron chi connectivity index (χ0n) is 45.0. The molecule has 2 aliphatic rings. The maximum Gasteiger partial charge on any atom is 0.328 e. The van der Waals surface area contributed by atoms with Gasteiger partial charge in [-0.1, -0.05) is 225 Å². The first-order valence-corrected chi connectivity index (χ1v) is 27.2. The molecule has 12 rings (SSSR count). The van der Waals surface area contributed by atoms with E-state index in [1.807, 2.05) is 146 Å². The van der Waals surface area contributed by atoms with E-state index in [-0.39, 0.29) is 40.9 Å². The number of allylic oxidation sites excluding steroid dienone is 2. The summed E-state index contributed by atoms with van der Waals surface area (Å²) < 4.78 is 31.5. The van der Waals surface area contributed by atoms with Crippen LogP contribution in [0, 0.1) is 29.7 Å². The highest BCUT2D eigenvalue weighted by Crippen LogP contribution is 2.39. The summed E-state index contributed by atoms with van der Waals surface area (Å²) >= 11 is 0. The molecular weight excluding hydrogens is 986 g/mol. The molecule has 0 N–H and O–H groups in total. The summed E-state index contributed by atoms with van der Waals surface area (Å²) in [6.45, 7) is 17.9. The number of nitriles is 1. The third kappa shape index (κ3) is 9.71. The molecule has 1 aliphatic heterocycles. The second-order valence-electron chi connectivity index (χ2n) is 21.0. The number of nitrogens with zero attached hydrogens (tertiary/aromatic N) is 6. The third-order valence-electron chi connectivity index (χ3n) is 14.5. The normalized spacial score (nSPS) is 15.3. The van der Waals surface area contributed by atoms with Crippen molar-refractivity contribution in [2.45, 2.75) is 39.8 Å². The summed E-state index contributed by atoms with van der Waals surface area (Å²) in [5.41, 5.74) is 8.35. The van der Waals surface area contributed by atoms with E-state index in [0.717, 1.165) is 33.0 Å². The molecule has 0 saturated carbocycles. The van der Waals surface area contributed by atoms with E-state index in [1.165, 1.54) is 0 Å². The number of rotatable bonds is 16. The largest absolute Gasteiger partial charge is 0.493 e. The molecule has 0 saturated heterocycles. The lowest BCUT2D eigenvalue weighted by Crippen LogP contribution is -2.54. The van der Waals surface area contributed by atoms with Crippen molar-refractivity contribution in [1.82, 2.24) is 13.9 Å². The number of para-hydroxylation sites is 2. The zero-order chi connectivity index (χ0) is 54.7. The van der Waals surface area contributed by atoms with Crippen LogP contribution < -0.4 is 42.0 Å². The molecule has 7 aromatic carbocycles. The van der Waals surface area contributed by atoms with Gasteiger partial charge in [0.2, 0.25) is 11.8 Å². The Hall–Kier alpha value is -9.77. The van der Waals surface area contributed by atoms with E-state index in [2.05, 4.69) is 120 Å². The first-order valence-electron chi connectivity index (χ1n) is 27.2. The van der Waals surface area contributed by atoms with Gasteiger partial charge in [0, 0.05) is 33.3 Å². The Morgan fingerprint density at radius 3 is 1.56 bits per heavy atom. The average molecular weight is 1040 g/mol. The molecule has 0 radical (unpaired) electrons. The second-order valence-corrected chi connectivity index (χ2v) is 21.0. The number of hydrogen-bond acceptors (Lipinski definition) is 7. The quantitative estimate of drug-likeness (QED) is 0.0705. The molecular formula is C68H56B2N6O4. The Balaban J connectivity index is 1.41. The Morgan fingerprint density at radius 2 is 1.09 bits per heavy atom. The summed E-state index contributed by atoms with van der Waals surface area (Å²) in [7, 11) is 0. The Morgan fingerprint density at radius 1 is 0.613 bits per heavy atom. The van der Waals surface area contributed by atoms with Gasteiger partial charge in [-0.25, -0.2) is 14.8 Å². The molecule has 12 heteroatoms. The third-order valence-corrected chi connectivity index (χ3v) is 14.5. The second kappa shape index (κ2) is 22.3. The Bertz CT molecular complexity index is 4060. The smallest absolute Gasteiger partial charge is 0.328 e. The molecule has 0 spiro atoms. The van der Waals surface area contributed by atoms with Crippen LogP contribution in [0.3, 0.4) is 0 Å². The first-order chi connectivity index (χ1) is 39.3. The molecule has 3 aromatic heterocycles. The van der Waals surface area contributed by atoms with Gasteiger partial charge in [-0.05, 0) is 54.3 Å². The highest BCUT2D eigenvalue weighted by Gasteiger charge is 2.39. The summed E-state index contributed by atoms with van der Waals surface area (Å²) in [5.74, 6) is 2.19. The SMILES string of the molecule is [C-]#[N+]/C(c1nc2ccccc2o1)=c1\c2c(-c3cccc(OCC(C)C)c3)n(B(c3ccccc3)c3ccccc3)/c(=C(/C#N)C3=NC4C=CC=CC4O3)c2c(-c2cccc(OCC(C)C)c2)n1B(c1ccccc1)c1ccccc1. The molecule has 80 heavy (non-hydrogen) atoms. The van der Waals surface area contributed by atoms with Crippen molar-refractivity contribution in [3.05, 3.63) is 246 Å². The van der Waals surface area contributed by atoms with Gasteiger partial charge < -0.3 is 27.6 Å². The highest BCUT2D eigenvalue weighted by atomic mass is 16.5. The Kier molecular flexibility index (Phi) is 14.2. The lowest BCUT2D eigenvalue weighted by molar-refractivity contribution is 0.257. The van der Waals surface area contributed by atoms with Crippen LogP contribution in [0.25, 0.3) is 60.5 Å². The van der Waals surface area contributed by atoms with E-state index in [9.17, 15) is 11.8 Å². The number of aliphatic imine (C=N–C) groups is 1. The summed E-state index contributed by atoms with van der Waals surface area (Å²) in [5, 5.41) is 14.7. The van der Waals surface area contributed by atoms with Gasteiger partial charge in [-0.15, -0.1) is 0 Å². The van der Waals surface area contributed by atoms with Crippen molar-refractivity contribution in [2.75, 3.05) is 13.2 Å². The standard InChI is InChI=1S/C68H56B2N6O4/c1-45(2)43-77-53-34-22-24-47(40-53)63-60-61(66(62(72-5)68-74-57-37-19-21-39-59(57)80-68)76(63)70(51-30-14-8-15-31-51)52-32-16-9-17-33-52)64(48-25-23-35-54(41-48)78-44-46(3)4)75(69(49-26-10-6-11-27-49)50-28-12-7-13-29-50)65(60)55(42-71)67-73-56-36-18-20-38-58(56)79-67/h6-41,45-46,56,58H,43-44H2,1-4H3/b65-55-,66-62+. The minimum Gasteiger partial charge on any atom is -0.493 e. The molecule has 10 aromatic rings. The topological polar surface area (TPSA) is 104 Å². The van der Waals surface area contributed by atoms with Crippen LogP contribution >= 0.6 is 0 Å². The van der Waals surface area contributed by atoms with Crippen LogP contribution in [0.2, 0.25) is 0 Å². The zero-order valence-corrected chi connectivity index (χ0v) is 45.0. The molecule has 4 heterocycles. The van der Waals surface area contributed by atoms with Crippen molar-refractivity contribution in [2.24, 2.45) is 16.8 Å². The maximum atomic E-state index is 12.3. The fraction of sp³-hybridized carbons (Fsp3) is 0.147. The predicted octanol–water partition coefficient (Wildman–Crippen LogP) is 10.3. The van der Waals surface area contributed by atoms with Gasteiger partial charge in [0.25, 0.3) is 5.70 Å². The molecule has 0 amide bonds. The van der Waals surface area contributed by atoms with Crippen molar-refractivity contribution >= 4 is 74.6 Å². The summed E-state index contributed by atoms with van der Waals surface area (Å²) in [6.07, 6.45) is 7.50. The van der Waals surface area contributed by atoms with Gasteiger partial charge in [0.15, 0.2) is 5.58 Å². The number of hydrogen-bond donors (Lipinski definition) is 0. The molecule has 2 unspecified atom stereocenters. The summed E-state index contributed by atoms with van der Waals surface area (Å²) in [4.78, 5) is 14.9. The van der Waals surface area contributed by atoms with Crippen LogP contribution in [0.4, 0.5) is 0 Å². The van der Waals surface area contributed by atoms with E-state index in [0.29, 0.717) is 68.7 Å². The average Bonchev–Trinajstić information content (AvgIpc) is 2.94. The van der Waals surface area contributed by atoms with Crippen LogP contribution in [-0.4, -0.2) is 58.9 Å². The van der Waals surface area contributed by atoms with Gasteiger partial charge in [0.05, 0.1) is 30.5 Å². The van der Waals surface area contributed by atoms with Crippen molar-refractivity contribution in [3.8, 4) is 40.1 Å². The molecule has 388 valence electrons. The minimum atomic E-state index is -0.589. The van der Waals surface area contributed by atoms with E-state index >= 15 is 0 Å². The van der Waals surface area contributed by atoms with Crippen LogP contribution in [0.5, 0.6) is 11.5 Å². The van der Waals surface area contributed by atoms with Gasteiger partial charge in [0.1, 0.15) is 40.8 Å². The van der Waals surface area contributed by atoms with Gasteiger partial charge in [-0.3, -0.25) is 0 Å². The maximum absolute atomic E-state index is 12.3. The molecule has 2 atom stereocenters. The van der Waals surface area contributed by atoms with Crippen molar-refractivity contribution in [1.29, 1.82) is 5.26 Å². The van der Waals surface area contributed by atoms with Gasteiger partial charge in [-0.2, -0.15) is 5.26 Å². The fourth-order valence-electron chi connectivity index (χ4n) is 11.1. The molecule has 10 nitrogen and oxygen atoms in total. The first kappa shape index (κ1) is 51.0. The molecule has 1 aliphatic carbocycles. The lowest BCUT2D eigenvalue weighted by atomic mass is 9.50. The predicted molar refractivity (Wildman–Crippen MR) is 324 cm³/mol. The van der Waals surface area contributed by atoms with Gasteiger partial charge >= 0.3 is 13.7 Å². The van der Waals surface area contributed by atoms with E-state index in [4.69, 9.17) is 28.6 Å². The molecule has 0 fully saturated rings. The number of oxazole rings is 1. The number of ether oxygens (including phenoxy) is 3. The van der Waals surface area contributed by atoms with Crippen LogP contribution in [0.15, 0.2) is 228 Å². The Labute approximate surface area is 466 Å². The fourth-order valence-corrected chi connectivity index (χ4v) is 11.1. The summed E-state index contributed by atoms with van der Waals surface area (Å²) in [6, 6.07) is 67.8. The van der Waals surface area contributed by atoms with E-state index < -0.39 is 19.8 Å². The number of aromatic nitrogens is 3.